The molecule has 0 fully saturated rings. The van der Waals surface area contributed by atoms with Crippen molar-refractivity contribution in [2.45, 2.75) is 130 Å². The van der Waals surface area contributed by atoms with Gasteiger partial charge in [0.05, 0.1) is 6.61 Å². The van der Waals surface area contributed by atoms with Crippen LogP contribution in [0.3, 0.4) is 0 Å². The highest BCUT2D eigenvalue weighted by molar-refractivity contribution is 9.10. The number of rotatable bonds is 8. The zero-order valence-electron chi connectivity index (χ0n) is 25.4. The van der Waals surface area contributed by atoms with E-state index < -0.39 is 25.3 Å². The van der Waals surface area contributed by atoms with Gasteiger partial charge in [-0.3, -0.25) is 14.4 Å². The molecule has 1 atom stereocenters. The largest absolute Gasteiger partial charge is 0.465 e. The quantitative estimate of drug-likeness (QED) is 0.115. The average molecular weight is 659 g/mol. The smallest absolute Gasteiger partial charge is 0.333 e. The maximum absolute atomic E-state index is 12.1. The monoisotopic (exact) mass is 656 g/mol. The van der Waals surface area contributed by atoms with Crippen molar-refractivity contribution in [2.24, 2.45) is 5.41 Å². The van der Waals surface area contributed by atoms with Gasteiger partial charge in [-0.05, 0) is 82.6 Å². The second kappa shape index (κ2) is 16.0. The van der Waals surface area contributed by atoms with Crippen LogP contribution in [0.25, 0.3) is 0 Å². The van der Waals surface area contributed by atoms with Gasteiger partial charge in [0, 0.05) is 17.4 Å². The van der Waals surface area contributed by atoms with Gasteiger partial charge in [-0.2, -0.15) is 0 Å². The first kappa shape index (κ1) is 40.3. The molecule has 218 valence electrons. The predicted octanol–water partition coefficient (Wildman–Crippen LogP) is 7.50. The fourth-order valence-corrected chi connectivity index (χ4v) is 3.43. The molecule has 37 heavy (non-hydrogen) atoms. The Morgan fingerprint density at radius 1 is 0.730 bits per heavy atom. The second-order valence-corrected chi connectivity index (χ2v) is 15.7. The van der Waals surface area contributed by atoms with Crippen LogP contribution in [0.5, 0.6) is 0 Å². The molecule has 0 saturated carbocycles. The van der Waals surface area contributed by atoms with Crippen LogP contribution in [0.1, 0.15) is 110 Å². The van der Waals surface area contributed by atoms with E-state index in [1.165, 1.54) is 0 Å². The Labute approximate surface area is 242 Å². The number of hydrogen-bond acceptors (Lipinski definition) is 7. The molecule has 0 N–H and O–H groups in total. The molecular weight excluding hydrogens is 608 g/mol. The summed E-state index contributed by atoms with van der Waals surface area (Å²) >= 11 is 6.58. The van der Waals surface area contributed by atoms with E-state index in [1.807, 2.05) is 62.3 Å². The van der Waals surface area contributed by atoms with E-state index in [9.17, 15) is 19.2 Å². The van der Waals surface area contributed by atoms with Crippen LogP contribution >= 0.6 is 31.9 Å². The van der Waals surface area contributed by atoms with Gasteiger partial charge >= 0.3 is 17.9 Å². The van der Waals surface area contributed by atoms with E-state index in [-0.39, 0.29) is 23.7 Å². The normalized spacial score (nSPS) is 13.4. The fourth-order valence-electron chi connectivity index (χ4n) is 2.53. The highest BCUT2D eigenvalue weighted by Gasteiger charge is 2.41. The second-order valence-electron chi connectivity index (χ2n) is 12.0. The predicted molar refractivity (Wildman–Crippen MR) is 157 cm³/mol. The Morgan fingerprint density at radius 3 is 1.35 bits per heavy atom. The maximum atomic E-state index is 12.1. The highest BCUT2D eigenvalue weighted by Crippen LogP contribution is 2.37. The number of Topliss-reactive ketones (excluding diaryl/α,β-unsaturated/α-hetero) is 1. The number of hydrogen-bond donors (Lipinski definition) is 0. The zero-order chi connectivity index (χ0) is 30.6. The number of ether oxygens (including phenoxy) is 3. The van der Waals surface area contributed by atoms with Gasteiger partial charge < -0.3 is 14.2 Å². The van der Waals surface area contributed by atoms with Crippen LogP contribution in [-0.2, 0) is 33.4 Å². The summed E-state index contributed by atoms with van der Waals surface area (Å²) in [6, 6.07) is 0. The minimum absolute atomic E-state index is 0.150. The van der Waals surface area contributed by atoms with E-state index in [0.29, 0.717) is 25.0 Å². The van der Waals surface area contributed by atoms with Crippen molar-refractivity contribution in [1.29, 1.82) is 0 Å². The molecule has 0 radical (unpaired) electrons. The molecule has 0 spiro atoms. The Hall–Kier alpha value is -1.22. The molecule has 0 aliphatic heterocycles. The molecule has 0 aromatic carbocycles. The van der Waals surface area contributed by atoms with Crippen LogP contribution in [0.2, 0.25) is 0 Å². The fraction of sp³-hybridized carbons (Fsp3) is 0.786. The standard InChI is InChI=1S/C14H25BrO3.C8H14O2.C6H11BrO2/c1-8-10(16)13(5,6)9-14(7,15)11(17)18-12(2,3)4;1-6(2)7(9)10-8(3,4)5;1-4-9-5(8)6(2,3)7/h8-9H2,1-7H3;1H2,2-5H3;4H2,1-3H3. The van der Waals surface area contributed by atoms with Gasteiger partial charge in [0.1, 0.15) is 25.6 Å². The lowest BCUT2D eigenvalue weighted by atomic mass is 9.78. The first-order valence-corrected chi connectivity index (χ1v) is 13.9. The van der Waals surface area contributed by atoms with E-state index in [1.54, 1.807) is 34.6 Å². The summed E-state index contributed by atoms with van der Waals surface area (Å²) in [6.07, 6.45) is 0.895. The lowest BCUT2D eigenvalue weighted by Gasteiger charge is -2.33. The molecule has 0 aliphatic rings. The third kappa shape index (κ3) is 21.4. The minimum atomic E-state index is -0.839. The van der Waals surface area contributed by atoms with Crippen molar-refractivity contribution < 1.29 is 33.4 Å². The SMILES string of the molecule is C=C(C)C(=O)OC(C)(C)C.CCC(=O)C(C)(C)CC(C)(Br)C(=O)OC(C)(C)C.CCOC(=O)C(C)(C)Br. The van der Waals surface area contributed by atoms with Crippen LogP contribution < -0.4 is 0 Å². The van der Waals surface area contributed by atoms with Gasteiger partial charge in [-0.1, -0.05) is 59.2 Å². The van der Waals surface area contributed by atoms with E-state index >= 15 is 0 Å². The van der Waals surface area contributed by atoms with Crippen LogP contribution in [-0.4, -0.2) is 50.1 Å². The molecule has 1 unspecified atom stereocenters. The molecule has 0 amide bonds. The van der Waals surface area contributed by atoms with Crippen molar-refractivity contribution in [1.82, 2.24) is 0 Å². The lowest BCUT2D eigenvalue weighted by Crippen LogP contribution is -2.41. The topological polar surface area (TPSA) is 96.0 Å². The maximum Gasteiger partial charge on any atom is 0.333 e. The summed E-state index contributed by atoms with van der Waals surface area (Å²) in [5, 5.41) is 0. The molecule has 9 heteroatoms. The Bertz CT molecular complexity index is 778. The van der Waals surface area contributed by atoms with Gasteiger partial charge in [-0.15, -0.1) is 0 Å². The molecule has 0 saturated heterocycles. The summed E-state index contributed by atoms with van der Waals surface area (Å²) in [7, 11) is 0. The van der Waals surface area contributed by atoms with Gasteiger partial charge in [0.15, 0.2) is 0 Å². The third-order valence-electron chi connectivity index (χ3n) is 4.18. The number of alkyl halides is 2. The van der Waals surface area contributed by atoms with E-state index in [0.717, 1.165) is 0 Å². The van der Waals surface area contributed by atoms with Gasteiger partial charge in [-0.25, -0.2) is 4.79 Å². The zero-order valence-corrected chi connectivity index (χ0v) is 28.6. The third-order valence-corrected chi connectivity index (χ3v) is 5.11. The Morgan fingerprint density at radius 2 is 1.14 bits per heavy atom. The summed E-state index contributed by atoms with van der Waals surface area (Å²) in [5.74, 6) is -0.721. The van der Waals surface area contributed by atoms with Gasteiger partial charge in [0.25, 0.3) is 0 Å². The summed E-state index contributed by atoms with van der Waals surface area (Å²) in [6.45, 7) is 29.1. The Kier molecular flexibility index (Phi) is 17.4. The summed E-state index contributed by atoms with van der Waals surface area (Å²) < 4.78 is 13.7. The first-order valence-electron chi connectivity index (χ1n) is 12.3. The molecule has 0 aromatic heterocycles. The van der Waals surface area contributed by atoms with Crippen molar-refractivity contribution in [3.05, 3.63) is 12.2 Å². The average Bonchev–Trinajstić information content (AvgIpc) is 2.64. The van der Waals surface area contributed by atoms with Crippen molar-refractivity contribution in [3.8, 4) is 0 Å². The molecule has 0 aliphatic carbocycles. The number of halogens is 2. The molecule has 0 heterocycles. The van der Waals surface area contributed by atoms with E-state index in [4.69, 9.17) is 14.2 Å². The van der Waals surface area contributed by atoms with Crippen LogP contribution in [0, 0.1) is 5.41 Å². The van der Waals surface area contributed by atoms with Crippen LogP contribution in [0.15, 0.2) is 12.2 Å². The number of esters is 3. The molecule has 0 rings (SSSR count). The van der Waals surface area contributed by atoms with Gasteiger partial charge in [0.2, 0.25) is 0 Å². The lowest BCUT2D eigenvalue weighted by molar-refractivity contribution is -0.158. The number of carbonyl (C=O) groups is 4. The molecule has 0 bridgehead atoms. The van der Waals surface area contributed by atoms with Crippen molar-refractivity contribution in [2.75, 3.05) is 6.61 Å². The van der Waals surface area contributed by atoms with E-state index in [2.05, 4.69) is 38.4 Å². The Balaban J connectivity index is -0.000000515. The minimum Gasteiger partial charge on any atom is -0.465 e. The van der Waals surface area contributed by atoms with Crippen molar-refractivity contribution in [3.63, 3.8) is 0 Å². The molecule has 0 aromatic rings. The molecule has 7 nitrogen and oxygen atoms in total. The summed E-state index contributed by atoms with van der Waals surface area (Å²) in [5.41, 5.74) is -1.03. The van der Waals surface area contributed by atoms with Crippen molar-refractivity contribution >= 4 is 55.6 Å². The molecular formula is C28H50Br2O7. The number of ketones is 1. The number of carbonyl (C=O) groups excluding carboxylic acids is 4. The summed E-state index contributed by atoms with van der Waals surface area (Å²) in [4.78, 5) is 45.6. The highest BCUT2D eigenvalue weighted by atomic mass is 79.9. The van der Waals surface area contributed by atoms with Crippen LogP contribution in [0.4, 0.5) is 0 Å². The first-order chi connectivity index (χ1) is 16.1.